The summed E-state index contributed by atoms with van der Waals surface area (Å²) in [6, 6.07) is 18.2. The average Bonchev–Trinajstić information content (AvgIpc) is 2.85. The van der Waals surface area contributed by atoms with Crippen LogP contribution in [0.5, 0.6) is 5.75 Å². The fourth-order valence-corrected chi connectivity index (χ4v) is 4.98. The fraction of sp³-hybridized carbons (Fsp3) is 0.355. The van der Waals surface area contributed by atoms with Gasteiger partial charge in [0.05, 0.1) is 12.2 Å². The van der Waals surface area contributed by atoms with E-state index in [1.165, 1.54) is 17.2 Å². The van der Waals surface area contributed by atoms with Gasteiger partial charge < -0.3 is 9.84 Å². The highest BCUT2D eigenvalue weighted by atomic mass is 16.5. The van der Waals surface area contributed by atoms with Gasteiger partial charge >= 0.3 is 5.97 Å². The predicted molar refractivity (Wildman–Crippen MR) is 140 cm³/mol. The number of carbonyl (C=O) groups is 2. The van der Waals surface area contributed by atoms with Crippen molar-refractivity contribution < 1.29 is 19.4 Å². The number of ether oxygens (including phenoxy) is 1. The molecule has 0 bridgehead atoms. The number of rotatable bonds is 7. The lowest BCUT2D eigenvalue weighted by molar-refractivity contribution is 0.0692. The van der Waals surface area contributed by atoms with Gasteiger partial charge in [0.2, 0.25) is 0 Å². The van der Waals surface area contributed by atoms with Gasteiger partial charge in [-0.15, -0.1) is 0 Å². The van der Waals surface area contributed by atoms with Crippen LogP contribution in [0.2, 0.25) is 0 Å². The summed E-state index contributed by atoms with van der Waals surface area (Å²) in [6.45, 7) is 12.0. The molecule has 0 aliphatic heterocycles. The topological polar surface area (TPSA) is 63.6 Å². The first-order chi connectivity index (χ1) is 16.5. The number of fused-ring (bicyclic) bond motifs is 1. The minimum absolute atomic E-state index is 0.0105. The van der Waals surface area contributed by atoms with E-state index in [2.05, 4.69) is 46.8 Å². The predicted octanol–water partition coefficient (Wildman–Crippen LogP) is 7.42. The minimum Gasteiger partial charge on any atom is -0.493 e. The standard InChI is InChI=1S/C31H34O4/c1-6-17-35-27-19-26-25(30(2,3)15-16-31(26,4)5)18-24(27)20-11-13-21(14-12-20)28(32)22-9-7-8-10-23(22)29(33)34/h7-14,18-19H,6,15-17H2,1-5H3,(H,33,34). The number of carbonyl (C=O) groups excluding carboxylic acids is 1. The number of ketones is 1. The molecule has 0 saturated carbocycles. The van der Waals surface area contributed by atoms with Gasteiger partial charge in [0.25, 0.3) is 0 Å². The van der Waals surface area contributed by atoms with Gasteiger partial charge in [0, 0.05) is 16.7 Å². The van der Waals surface area contributed by atoms with Gasteiger partial charge in [-0.3, -0.25) is 4.79 Å². The van der Waals surface area contributed by atoms with Crippen molar-refractivity contribution in [1.82, 2.24) is 0 Å². The lowest BCUT2D eigenvalue weighted by atomic mass is 9.62. The lowest BCUT2D eigenvalue weighted by Crippen LogP contribution is -2.34. The Bertz CT molecular complexity index is 1270. The number of hydrogen-bond acceptors (Lipinski definition) is 3. The third-order valence-electron chi connectivity index (χ3n) is 7.27. The van der Waals surface area contributed by atoms with Crippen LogP contribution in [0.15, 0.2) is 60.7 Å². The van der Waals surface area contributed by atoms with Crippen molar-refractivity contribution in [3.63, 3.8) is 0 Å². The maximum Gasteiger partial charge on any atom is 0.336 e. The largest absolute Gasteiger partial charge is 0.493 e. The Morgan fingerprint density at radius 3 is 2.00 bits per heavy atom. The van der Waals surface area contributed by atoms with E-state index in [-0.39, 0.29) is 27.7 Å². The van der Waals surface area contributed by atoms with Crippen LogP contribution < -0.4 is 4.74 Å². The van der Waals surface area contributed by atoms with E-state index >= 15 is 0 Å². The van der Waals surface area contributed by atoms with E-state index in [0.717, 1.165) is 36.1 Å². The van der Waals surface area contributed by atoms with Crippen molar-refractivity contribution >= 4 is 11.8 Å². The van der Waals surface area contributed by atoms with Crippen LogP contribution in [-0.4, -0.2) is 23.5 Å². The summed E-state index contributed by atoms with van der Waals surface area (Å²) >= 11 is 0. The number of aromatic carboxylic acids is 1. The highest BCUT2D eigenvalue weighted by molar-refractivity contribution is 6.14. The van der Waals surface area contributed by atoms with Gasteiger partial charge in [0.15, 0.2) is 5.78 Å². The molecule has 1 aliphatic rings. The molecule has 0 spiro atoms. The Morgan fingerprint density at radius 2 is 1.43 bits per heavy atom. The molecule has 182 valence electrons. The molecular formula is C31H34O4. The molecule has 4 rings (SSSR count). The molecule has 0 fully saturated rings. The Hall–Kier alpha value is -3.40. The van der Waals surface area contributed by atoms with Gasteiger partial charge in [-0.25, -0.2) is 4.79 Å². The molecule has 35 heavy (non-hydrogen) atoms. The second-order valence-electron chi connectivity index (χ2n) is 10.8. The minimum atomic E-state index is -1.11. The maximum absolute atomic E-state index is 13.1. The molecule has 4 heteroatoms. The molecule has 0 heterocycles. The van der Waals surface area contributed by atoms with E-state index in [1.807, 2.05) is 12.1 Å². The zero-order valence-electron chi connectivity index (χ0n) is 21.3. The van der Waals surface area contributed by atoms with Crippen LogP contribution in [0.4, 0.5) is 0 Å². The first-order valence-corrected chi connectivity index (χ1v) is 12.3. The molecular weight excluding hydrogens is 436 g/mol. The molecule has 0 radical (unpaired) electrons. The first-order valence-electron chi connectivity index (χ1n) is 12.3. The Kier molecular flexibility index (Phi) is 6.59. The Labute approximate surface area is 208 Å². The molecule has 0 unspecified atom stereocenters. The zero-order valence-corrected chi connectivity index (χ0v) is 21.3. The summed E-state index contributed by atoms with van der Waals surface area (Å²) in [6.07, 6.45) is 3.17. The molecule has 3 aromatic rings. The molecule has 3 aromatic carbocycles. The van der Waals surface area contributed by atoms with E-state index < -0.39 is 5.97 Å². The second-order valence-corrected chi connectivity index (χ2v) is 10.8. The van der Waals surface area contributed by atoms with E-state index in [9.17, 15) is 14.7 Å². The van der Waals surface area contributed by atoms with Crippen molar-refractivity contribution in [3.8, 4) is 16.9 Å². The van der Waals surface area contributed by atoms with E-state index in [1.54, 1.807) is 30.3 Å². The maximum atomic E-state index is 13.1. The van der Waals surface area contributed by atoms with Crippen LogP contribution in [0.25, 0.3) is 11.1 Å². The number of carboxylic acids is 1. The quantitative estimate of drug-likeness (QED) is 0.365. The number of carboxylic acid groups (broad SMARTS) is 1. The Morgan fingerprint density at radius 1 is 0.857 bits per heavy atom. The van der Waals surface area contributed by atoms with Crippen molar-refractivity contribution in [2.75, 3.05) is 6.61 Å². The van der Waals surface area contributed by atoms with E-state index in [0.29, 0.717) is 12.2 Å². The van der Waals surface area contributed by atoms with Crippen molar-refractivity contribution in [2.24, 2.45) is 0 Å². The molecule has 0 aromatic heterocycles. The smallest absolute Gasteiger partial charge is 0.336 e. The molecule has 0 atom stereocenters. The average molecular weight is 471 g/mol. The van der Waals surface area contributed by atoms with Crippen molar-refractivity contribution in [1.29, 1.82) is 0 Å². The number of benzene rings is 3. The number of hydrogen-bond donors (Lipinski definition) is 1. The highest BCUT2D eigenvalue weighted by Gasteiger charge is 2.38. The van der Waals surface area contributed by atoms with Gasteiger partial charge in [-0.05, 0) is 65.0 Å². The molecule has 0 saturated heterocycles. The molecule has 1 N–H and O–H groups in total. The van der Waals surface area contributed by atoms with Crippen LogP contribution in [0, 0.1) is 0 Å². The van der Waals surface area contributed by atoms with Gasteiger partial charge in [0.1, 0.15) is 5.75 Å². The third-order valence-corrected chi connectivity index (χ3v) is 7.27. The second kappa shape index (κ2) is 9.33. The van der Waals surface area contributed by atoms with Crippen molar-refractivity contribution in [3.05, 3.63) is 88.5 Å². The first kappa shape index (κ1) is 24.7. The Balaban J connectivity index is 1.77. The van der Waals surface area contributed by atoms with Gasteiger partial charge in [-0.1, -0.05) is 77.1 Å². The third kappa shape index (κ3) is 4.75. The van der Waals surface area contributed by atoms with E-state index in [4.69, 9.17) is 4.74 Å². The summed E-state index contributed by atoms with van der Waals surface area (Å²) in [5.41, 5.74) is 5.51. The zero-order chi connectivity index (χ0) is 25.4. The summed E-state index contributed by atoms with van der Waals surface area (Å²) < 4.78 is 6.23. The molecule has 4 nitrogen and oxygen atoms in total. The van der Waals surface area contributed by atoms with Gasteiger partial charge in [-0.2, -0.15) is 0 Å². The van der Waals surface area contributed by atoms with Crippen LogP contribution in [0.1, 0.15) is 91.3 Å². The molecule has 0 amide bonds. The van der Waals surface area contributed by atoms with Crippen LogP contribution >= 0.6 is 0 Å². The monoisotopic (exact) mass is 470 g/mol. The molecule has 1 aliphatic carbocycles. The SMILES string of the molecule is CCCOc1cc2c(cc1-c1ccc(C(=O)c3ccccc3C(=O)O)cc1)C(C)(C)CCC2(C)C. The fourth-order valence-electron chi connectivity index (χ4n) is 4.98. The highest BCUT2D eigenvalue weighted by Crippen LogP contribution is 2.49. The normalized spacial score (nSPS) is 15.8. The van der Waals surface area contributed by atoms with Crippen LogP contribution in [0.3, 0.4) is 0 Å². The lowest BCUT2D eigenvalue weighted by Gasteiger charge is -2.42. The summed E-state index contributed by atoms with van der Waals surface area (Å²) in [5, 5.41) is 9.47. The summed E-state index contributed by atoms with van der Waals surface area (Å²) in [7, 11) is 0. The van der Waals surface area contributed by atoms with Crippen LogP contribution in [-0.2, 0) is 10.8 Å². The summed E-state index contributed by atoms with van der Waals surface area (Å²) in [5.74, 6) is -0.542. The summed E-state index contributed by atoms with van der Waals surface area (Å²) in [4.78, 5) is 24.7. The van der Waals surface area contributed by atoms with Crippen molar-refractivity contribution in [2.45, 2.75) is 64.7 Å².